The van der Waals surface area contributed by atoms with Crippen molar-refractivity contribution in [3.63, 3.8) is 0 Å². The first-order valence-corrected chi connectivity index (χ1v) is 13.2. The first-order chi connectivity index (χ1) is 18.2. The molecule has 2 aromatic carbocycles. The van der Waals surface area contributed by atoms with Crippen LogP contribution in [-0.2, 0) is 30.3 Å². The highest BCUT2D eigenvalue weighted by Gasteiger charge is 2.27. The van der Waals surface area contributed by atoms with Crippen LogP contribution in [0, 0.1) is 5.92 Å². The summed E-state index contributed by atoms with van der Waals surface area (Å²) < 4.78 is 22.0. The summed E-state index contributed by atoms with van der Waals surface area (Å²) in [7, 11) is 1.65. The second-order valence-electron chi connectivity index (χ2n) is 9.39. The summed E-state index contributed by atoms with van der Waals surface area (Å²) in [5, 5.41) is 0. The Morgan fingerprint density at radius 3 is 2.29 bits per heavy atom. The van der Waals surface area contributed by atoms with Crippen molar-refractivity contribution in [1.82, 2.24) is 0 Å². The van der Waals surface area contributed by atoms with E-state index in [0.717, 1.165) is 41.0 Å². The molecule has 0 heterocycles. The maximum Gasteiger partial charge on any atom is 0.302 e. The highest BCUT2D eigenvalue weighted by molar-refractivity contribution is 5.75. The van der Waals surface area contributed by atoms with E-state index in [1.165, 1.54) is 26.7 Å². The molecule has 0 aromatic heterocycles. The van der Waals surface area contributed by atoms with Crippen molar-refractivity contribution in [2.45, 2.75) is 71.8 Å². The summed E-state index contributed by atoms with van der Waals surface area (Å²) in [5.74, 6) is -0.395. The van der Waals surface area contributed by atoms with E-state index in [2.05, 4.69) is 6.92 Å². The average molecular weight is 528 g/mol. The van der Waals surface area contributed by atoms with Gasteiger partial charge in [-0.15, -0.1) is 0 Å². The van der Waals surface area contributed by atoms with E-state index in [1.807, 2.05) is 42.5 Å². The van der Waals surface area contributed by atoms with Crippen molar-refractivity contribution in [1.29, 1.82) is 0 Å². The number of carbonyl (C=O) groups is 3. The number of ether oxygens (including phenoxy) is 4. The smallest absolute Gasteiger partial charge is 0.302 e. The van der Waals surface area contributed by atoms with Crippen LogP contribution in [0.15, 0.2) is 42.5 Å². The molecule has 8 nitrogen and oxygen atoms in total. The van der Waals surface area contributed by atoms with Gasteiger partial charge in [-0.25, -0.2) is 0 Å². The largest absolute Gasteiger partial charge is 0.496 e. The van der Waals surface area contributed by atoms with Crippen molar-refractivity contribution in [2.24, 2.45) is 11.7 Å². The lowest BCUT2D eigenvalue weighted by molar-refractivity contribution is -0.154. The Hall–Kier alpha value is -3.55. The van der Waals surface area contributed by atoms with Gasteiger partial charge in [0.15, 0.2) is 0 Å². The average Bonchev–Trinajstić information content (AvgIpc) is 2.88. The van der Waals surface area contributed by atoms with Crippen LogP contribution in [-0.4, -0.2) is 44.3 Å². The number of methoxy groups -OCH3 is 1. The zero-order valence-corrected chi connectivity index (χ0v) is 23.0. The summed E-state index contributed by atoms with van der Waals surface area (Å²) in [4.78, 5) is 34.5. The number of unbranched alkanes of at least 4 members (excludes halogenated alkanes) is 3. The number of hydrogen-bond acceptors (Lipinski definition) is 7. The van der Waals surface area contributed by atoms with Gasteiger partial charge in [-0.05, 0) is 42.5 Å². The van der Waals surface area contributed by atoms with E-state index < -0.39 is 23.9 Å². The second-order valence-corrected chi connectivity index (χ2v) is 9.39. The van der Waals surface area contributed by atoms with Crippen LogP contribution in [0.2, 0.25) is 0 Å². The van der Waals surface area contributed by atoms with Crippen LogP contribution in [0.4, 0.5) is 0 Å². The van der Waals surface area contributed by atoms with E-state index in [1.54, 1.807) is 7.11 Å². The monoisotopic (exact) mass is 527 g/mol. The van der Waals surface area contributed by atoms with E-state index in [9.17, 15) is 14.4 Å². The number of amides is 1. The molecule has 208 valence electrons. The lowest BCUT2D eigenvalue weighted by Gasteiger charge is -2.25. The summed E-state index contributed by atoms with van der Waals surface area (Å²) in [6, 6.07) is 13.9. The molecule has 38 heavy (non-hydrogen) atoms. The SMILES string of the molecule is CCCCCCOc1ccc(-c2ccc(CCC(COC(C)=O)C(CC(N)=O)OC(C)=O)cc2)c(OC)c1. The lowest BCUT2D eigenvalue weighted by atomic mass is 9.92. The molecule has 0 aliphatic heterocycles. The van der Waals surface area contributed by atoms with Gasteiger partial charge >= 0.3 is 11.9 Å². The van der Waals surface area contributed by atoms with E-state index in [-0.39, 0.29) is 18.9 Å². The molecule has 2 unspecified atom stereocenters. The Labute approximate surface area is 225 Å². The Morgan fingerprint density at radius 2 is 1.68 bits per heavy atom. The van der Waals surface area contributed by atoms with Crippen molar-refractivity contribution >= 4 is 17.8 Å². The molecule has 0 aliphatic rings. The van der Waals surface area contributed by atoms with E-state index in [4.69, 9.17) is 24.7 Å². The minimum Gasteiger partial charge on any atom is -0.496 e. The number of aryl methyl sites for hydroxylation is 1. The van der Waals surface area contributed by atoms with Gasteiger partial charge in [0.1, 0.15) is 17.6 Å². The minimum atomic E-state index is -0.764. The number of esters is 2. The lowest BCUT2D eigenvalue weighted by Crippen LogP contribution is -2.34. The van der Waals surface area contributed by atoms with Gasteiger partial charge in [0.25, 0.3) is 0 Å². The molecular formula is C30H41NO7. The van der Waals surface area contributed by atoms with Crippen LogP contribution in [0.5, 0.6) is 11.5 Å². The summed E-state index contributed by atoms with van der Waals surface area (Å²) in [6.45, 7) is 5.49. The number of rotatable bonds is 17. The number of primary amides is 1. The maximum atomic E-state index is 11.6. The third-order valence-electron chi connectivity index (χ3n) is 6.25. The highest BCUT2D eigenvalue weighted by Crippen LogP contribution is 2.34. The molecule has 0 radical (unpaired) electrons. The highest BCUT2D eigenvalue weighted by atomic mass is 16.6. The molecule has 0 spiro atoms. The van der Waals surface area contributed by atoms with Gasteiger partial charge in [-0.2, -0.15) is 0 Å². The fourth-order valence-electron chi connectivity index (χ4n) is 4.24. The van der Waals surface area contributed by atoms with Crippen LogP contribution in [0.1, 0.15) is 64.9 Å². The molecule has 0 saturated heterocycles. The third kappa shape index (κ3) is 10.8. The third-order valence-corrected chi connectivity index (χ3v) is 6.25. The van der Waals surface area contributed by atoms with Gasteiger partial charge in [0, 0.05) is 31.4 Å². The normalized spacial score (nSPS) is 12.3. The van der Waals surface area contributed by atoms with Crippen molar-refractivity contribution < 1.29 is 33.3 Å². The van der Waals surface area contributed by atoms with Gasteiger partial charge in [-0.1, -0.05) is 50.5 Å². The summed E-state index contributed by atoms with van der Waals surface area (Å²) in [5.41, 5.74) is 8.37. The van der Waals surface area contributed by atoms with Gasteiger partial charge in [0.2, 0.25) is 5.91 Å². The maximum absolute atomic E-state index is 11.6. The fourth-order valence-corrected chi connectivity index (χ4v) is 4.24. The quantitative estimate of drug-likeness (QED) is 0.221. The molecule has 0 bridgehead atoms. The standard InChI is InChI=1S/C30H41NO7/c1-5-6-7-8-17-36-26-15-16-27(29(18-26)35-4)24-12-9-23(10-13-24)11-14-25(20-37-21(2)32)28(19-30(31)34)38-22(3)33/h9-10,12-13,15-16,18,25,28H,5-8,11,14,17,19-20H2,1-4H3,(H2,31,34). The molecule has 0 saturated carbocycles. The molecular weight excluding hydrogens is 486 g/mol. The van der Waals surface area contributed by atoms with Gasteiger partial charge < -0.3 is 24.7 Å². The zero-order valence-electron chi connectivity index (χ0n) is 23.0. The molecule has 0 aliphatic carbocycles. The predicted octanol–water partition coefficient (Wildman–Crippen LogP) is 5.24. The Balaban J connectivity index is 2.08. The molecule has 0 fully saturated rings. The first kappa shape index (κ1) is 30.7. The predicted molar refractivity (Wildman–Crippen MR) is 146 cm³/mol. The number of hydrogen-bond donors (Lipinski definition) is 1. The molecule has 2 aromatic rings. The van der Waals surface area contributed by atoms with Crippen LogP contribution < -0.4 is 15.2 Å². The first-order valence-electron chi connectivity index (χ1n) is 13.2. The van der Waals surface area contributed by atoms with Gasteiger partial charge in [-0.3, -0.25) is 14.4 Å². The number of nitrogens with two attached hydrogens (primary N) is 1. The van der Waals surface area contributed by atoms with Crippen LogP contribution in [0.3, 0.4) is 0 Å². The Morgan fingerprint density at radius 1 is 0.947 bits per heavy atom. The fraction of sp³-hybridized carbons (Fsp3) is 0.500. The summed E-state index contributed by atoms with van der Waals surface area (Å²) in [6.07, 6.45) is 4.87. The van der Waals surface area contributed by atoms with Crippen molar-refractivity contribution in [3.05, 3.63) is 48.0 Å². The Bertz CT molecular complexity index is 1020. The molecule has 1 amide bonds. The summed E-state index contributed by atoms with van der Waals surface area (Å²) >= 11 is 0. The number of carbonyl (C=O) groups excluding carboxylic acids is 3. The molecule has 8 heteroatoms. The minimum absolute atomic E-state index is 0.0306. The Kier molecular flexibility index (Phi) is 13.2. The van der Waals surface area contributed by atoms with Crippen LogP contribution >= 0.6 is 0 Å². The van der Waals surface area contributed by atoms with E-state index in [0.29, 0.717) is 19.4 Å². The topological polar surface area (TPSA) is 114 Å². The molecule has 2 N–H and O–H groups in total. The van der Waals surface area contributed by atoms with Crippen molar-refractivity contribution in [2.75, 3.05) is 20.3 Å². The zero-order chi connectivity index (χ0) is 27.9. The van der Waals surface area contributed by atoms with E-state index >= 15 is 0 Å². The number of benzene rings is 2. The second kappa shape index (κ2) is 16.3. The van der Waals surface area contributed by atoms with Crippen LogP contribution in [0.25, 0.3) is 11.1 Å². The molecule has 2 rings (SSSR count). The van der Waals surface area contributed by atoms with Crippen molar-refractivity contribution in [3.8, 4) is 22.6 Å². The van der Waals surface area contributed by atoms with Gasteiger partial charge in [0.05, 0.1) is 26.7 Å². The molecule has 2 atom stereocenters.